The van der Waals surface area contributed by atoms with Crippen molar-refractivity contribution in [2.24, 2.45) is 0 Å². The molecule has 0 radical (unpaired) electrons. The summed E-state index contributed by atoms with van der Waals surface area (Å²) in [5, 5.41) is 9.26. The number of hydrogen-bond donors (Lipinski definition) is 2. The Labute approximate surface area is 153 Å². The fourth-order valence-electron chi connectivity index (χ4n) is 3.55. The third kappa shape index (κ3) is 3.68. The van der Waals surface area contributed by atoms with E-state index in [2.05, 4.69) is 4.72 Å². The van der Waals surface area contributed by atoms with Gasteiger partial charge in [0.15, 0.2) is 0 Å². The standard InChI is InChI=1S/C17H23N3O5S/c1-12-5-4-10-20(12)15-11-13(17(22)23)6-7-14(15)16(21)18-26(24,25)19-8-2-3-9-19/h6-7,11-12H,2-5,8-10H2,1H3,(H,18,21)(H,22,23)/t12-/m1/s1. The van der Waals surface area contributed by atoms with Gasteiger partial charge in [0, 0.05) is 25.7 Å². The van der Waals surface area contributed by atoms with Crippen LogP contribution in [-0.2, 0) is 10.2 Å². The van der Waals surface area contributed by atoms with Gasteiger partial charge in [-0.15, -0.1) is 0 Å². The van der Waals surface area contributed by atoms with Crippen LogP contribution < -0.4 is 9.62 Å². The SMILES string of the molecule is C[C@@H]1CCCN1c1cc(C(=O)O)ccc1C(=O)NS(=O)(=O)N1CCCC1. The van der Waals surface area contributed by atoms with Crippen molar-refractivity contribution in [3.8, 4) is 0 Å². The molecule has 1 amide bonds. The molecule has 26 heavy (non-hydrogen) atoms. The third-order valence-corrected chi connectivity index (χ3v) is 6.47. The summed E-state index contributed by atoms with van der Waals surface area (Å²) in [4.78, 5) is 26.0. The van der Waals surface area contributed by atoms with Crippen molar-refractivity contribution in [1.82, 2.24) is 9.03 Å². The molecule has 2 saturated heterocycles. The van der Waals surface area contributed by atoms with Crippen LogP contribution in [0.25, 0.3) is 0 Å². The van der Waals surface area contributed by atoms with E-state index in [0.717, 1.165) is 25.7 Å². The maximum Gasteiger partial charge on any atom is 0.335 e. The molecule has 0 bridgehead atoms. The summed E-state index contributed by atoms with van der Waals surface area (Å²) in [6.07, 6.45) is 3.42. The van der Waals surface area contributed by atoms with E-state index >= 15 is 0 Å². The third-order valence-electron chi connectivity index (χ3n) is 4.98. The summed E-state index contributed by atoms with van der Waals surface area (Å²) in [5.74, 6) is -1.82. The number of aromatic carboxylic acids is 1. The van der Waals surface area contributed by atoms with Gasteiger partial charge in [-0.2, -0.15) is 12.7 Å². The van der Waals surface area contributed by atoms with Gasteiger partial charge in [0.1, 0.15) is 0 Å². The monoisotopic (exact) mass is 381 g/mol. The van der Waals surface area contributed by atoms with E-state index in [9.17, 15) is 23.1 Å². The van der Waals surface area contributed by atoms with Crippen LogP contribution in [-0.4, -0.2) is 55.4 Å². The number of anilines is 1. The zero-order chi connectivity index (χ0) is 18.9. The zero-order valence-electron chi connectivity index (χ0n) is 14.6. The van der Waals surface area contributed by atoms with Crippen LogP contribution in [0.2, 0.25) is 0 Å². The lowest BCUT2D eigenvalue weighted by atomic mass is 10.1. The van der Waals surface area contributed by atoms with Crippen molar-refractivity contribution in [2.75, 3.05) is 24.5 Å². The number of carbonyl (C=O) groups excluding carboxylic acids is 1. The Hall–Kier alpha value is -2.13. The zero-order valence-corrected chi connectivity index (χ0v) is 15.5. The number of carboxylic acid groups (broad SMARTS) is 1. The molecular formula is C17H23N3O5S. The predicted molar refractivity (Wildman–Crippen MR) is 96.6 cm³/mol. The second kappa shape index (κ2) is 7.24. The number of hydrogen-bond acceptors (Lipinski definition) is 5. The Bertz CT molecular complexity index is 818. The molecule has 2 N–H and O–H groups in total. The van der Waals surface area contributed by atoms with Gasteiger partial charge in [-0.1, -0.05) is 0 Å². The van der Waals surface area contributed by atoms with E-state index in [1.54, 1.807) is 0 Å². The number of amides is 1. The minimum atomic E-state index is -3.89. The molecule has 2 aliphatic heterocycles. The summed E-state index contributed by atoms with van der Waals surface area (Å²) in [6, 6.07) is 4.31. The summed E-state index contributed by atoms with van der Waals surface area (Å²) < 4.78 is 28.1. The average Bonchev–Trinajstić information content (AvgIpc) is 3.25. The van der Waals surface area contributed by atoms with Gasteiger partial charge in [0.25, 0.3) is 5.91 Å². The molecule has 2 heterocycles. The molecule has 0 unspecified atom stereocenters. The highest BCUT2D eigenvalue weighted by atomic mass is 32.2. The van der Waals surface area contributed by atoms with Gasteiger partial charge in [-0.25, -0.2) is 9.52 Å². The largest absolute Gasteiger partial charge is 0.478 e. The van der Waals surface area contributed by atoms with Crippen molar-refractivity contribution >= 4 is 27.8 Å². The number of benzene rings is 1. The van der Waals surface area contributed by atoms with E-state index in [4.69, 9.17) is 0 Å². The number of carboxylic acids is 1. The molecule has 2 aliphatic rings. The van der Waals surface area contributed by atoms with Crippen LogP contribution in [0, 0.1) is 0 Å². The van der Waals surface area contributed by atoms with E-state index in [1.807, 2.05) is 11.8 Å². The summed E-state index contributed by atoms with van der Waals surface area (Å²) in [5.41, 5.74) is 0.702. The maximum absolute atomic E-state index is 12.7. The topological polar surface area (TPSA) is 107 Å². The lowest BCUT2D eigenvalue weighted by Gasteiger charge is -2.26. The van der Waals surface area contributed by atoms with Crippen LogP contribution in [0.15, 0.2) is 18.2 Å². The second-order valence-corrected chi connectivity index (χ2v) is 8.43. The summed E-state index contributed by atoms with van der Waals surface area (Å²) in [6.45, 7) is 3.50. The normalized spacial score (nSPS) is 21.1. The Morgan fingerprint density at radius 3 is 2.42 bits per heavy atom. The Kier molecular flexibility index (Phi) is 5.19. The molecule has 8 nitrogen and oxygen atoms in total. The molecular weight excluding hydrogens is 358 g/mol. The van der Waals surface area contributed by atoms with Gasteiger partial charge >= 0.3 is 16.2 Å². The quantitative estimate of drug-likeness (QED) is 0.799. The molecule has 9 heteroatoms. The number of nitrogens with zero attached hydrogens (tertiary/aromatic N) is 2. The first-order valence-electron chi connectivity index (χ1n) is 8.76. The molecule has 1 aromatic carbocycles. The predicted octanol–water partition coefficient (Wildman–Crippen LogP) is 1.44. The van der Waals surface area contributed by atoms with Gasteiger partial charge in [-0.3, -0.25) is 4.79 Å². The van der Waals surface area contributed by atoms with Gasteiger partial charge in [0.05, 0.1) is 16.8 Å². The van der Waals surface area contributed by atoms with E-state index in [0.29, 0.717) is 25.3 Å². The second-order valence-electron chi connectivity index (χ2n) is 6.76. The Morgan fingerprint density at radius 2 is 1.85 bits per heavy atom. The molecule has 1 aromatic rings. The minimum absolute atomic E-state index is 0.0676. The van der Waals surface area contributed by atoms with Crippen molar-refractivity contribution in [1.29, 1.82) is 0 Å². The first-order valence-corrected chi connectivity index (χ1v) is 10.2. The highest BCUT2D eigenvalue weighted by Crippen LogP contribution is 2.30. The van der Waals surface area contributed by atoms with Gasteiger partial charge in [-0.05, 0) is 50.8 Å². The van der Waals surface area contributed by atoms with E-state index in [1.165, 1.54) is 22.5 Å². The van der Waals surface area contributed by atoms with E-state index in [-0.39, 0.29) is 17.2 Å². The lowest BCUT2D eigenvalue weighted by molar-refractivity contribution is 0.0696. The fraction of sp³-hybridized carbons (Fsp3) is 0.529. The summed E-state index contributed by atoms with van der Waals surface area (Å²) in [7, 11) is -3.89. The molecule has 0 saturated carbocycles. The molecule has 0 spiro atoms. The van der Waals surface area contributed by atoms with Crippen LogP contribution >= 0.6 is 0 Å². The highest BCUT2D eigenvalue weighted by Gasteiger charge is 2.30. The molecule has 0 aromatic heterocycles. The van der Waals surface area contributed by atoms with Gasteiger partial charge in [0.2, 0.25) is 0 Å². The fourth-order valence-corrected chi connectivity index (χ4v) is 4.76. The molecule has 0 aliphatic carbocycles. The first kappa shape index (κ1) is 18.7. The Balaban J connectivity index is 1.92. The molecule has 1 atom stereocenters. The van der Waals surface area contributed by atoms with Crippen molar-refractivity contribution in [2.45, 2.75) is 38.6 Å². The summed E-state index contributed by atoms with van der Waals surface area (Å²) >= 11 is 0. The van der Waals surface area contributed by atoms with Crippen molar-refractivity contribution < 1.29 is 23.1 Å². The lowest BCUT2D eigenvalue weighted by Crippen LogP contribution is -2.42. The average molecular weight is 381 g/mol. The van der Waals surface area contributed by atoms with Gasteiger partial charge < -0.3 is 10.0 Å². The minimum Gasteiger partial charge on any atom is -0.478 e. The Morgan fingerprint density at radius 1 is 1.15 bits per heavy atom. The first-order chi connectivity index (χ1) is 12.3. The highest BCUT2D eigenvalue weighted by molar-refractivity contribution is 7.87. The number of nitrogens with one attached hydrogen (secondary N) is 1. The number of carbonyl (C=O) groups is 2. The molecule has 3 rings (SSSR count). The maximum atomic E-state index is 12.7. The van der Waals surface area contributed by atoms with Crippen molar-refractivity contribution in [3.63, 3.8) is 0 Å². The van der Waals surface area contributed by atoms with Crippen molar-refractivity contribution in [3.05, 3.63) is 29.3 Å². The van der Waals surface area contributed by atoms with E-state index < -0.39 is 22.1 Å². The van der Waals surface area contributed by atoms with Crippen LogP contribution in [0.4, 0.5) is 5.69 Å². The van der Waals surface area contributed by atoms with Crippen LogP contribution in [0.5, 0.6) is 0 Å². The smallest absolute Gasteiger partial charge is 0.335 e. The number of rotatable bonds is 5. The van der Waals surface area contributed by atoms with Crippen LogP contribution in [0.3, 0.4) is 0 Å². The van der Waals surface area contributed by atoms with Crippen LogP contribution in [0.1, 0.15) is 53.3 Å². The molecule has 142 valence electrons. The molecule has 2 fully saturated rings.